The summed E-state index contributed by atoms with van der Waals surface area (Å²) in [4.78, 5) is 2.30. The molecule has 0 saturated carbocycles. The number of nitrogens with one attached hydrogen (secondary N) is 1. The van der Waals surface area contributed by atoms with Crippen molar-refractivity contribution in [3.05, 3.63) is 23.8 Å². The van der Waals surface area contributed by atoms with Crippen molar-refractivity contribution in [2.24, 2.45) is 0 Å². The molecule has 0 amide bonds. The number of aryl methyl sites for hydroxylation is 1. The van der Waals surface area contributed by atoms with E-state index in [2.05, 4.69) is 10.2 Å². The van der Waals surface area contributed by atoms with Gasteiger partial charge in [-0.15, -0.1) is 0 Å². The Bertz CT molecular complexity index is 433. The number of piperazine rings is 1. The maximum absolute atomic E-state index is 10.8. The Kier molecular flexibility index (Phi) is 4.57. The van der Waals surface area contributed by atoms with Crippen LogP contribution >= 0.6 is 0 Å². The van der Waals surface area contributed by atoms with Gasteiger partial charge in [0.25, 0.3) is 0 Å². The van der Waals surface area contributed by atoms with Gasteiger partial charge >= 0.3 is 0 Å². The number of hydrogen-bond acceptors (Lipinski definition) is 4. The van der Waals surface area contributed by atoms with Gasteiger partial charge in [0.2, 0.25) is 0 Å². The summed E-state index contributed by atoms with van der Waals surface area (Å²) in [6.07, 6.45) is 0.577. The molecule has 1 aliphatic heterocycles. The summed E-state index contributed by atoms with van der Waals surface area (Å²) < 4.78 is 19.7. The maximum atomic E-state index is 10.8. The first-order valence-electron chi connectivity index (χ1n) is 6.08. The van der Waals surface area contributed by atoms with Crippen molar-refractivity contribution in [1.29, 1.82) is 0 Å². The van der Waals surface area contributed by atoms with Gasteiger partial charge in [-0.1, -0.05) is 0 Å². The van der Waals surface area contributed by atoms with Crippen molar-refractivity contribution < 1.29 is 8.76 Å². The van der Waals surface area contributed by atoms with Crippen molar-refractivity contribution in [1.82, 2.24) is 5.32 Å². The normalized spacial score (nSPS) is 17.7. The van der Waals surface area contributed by atoms with Gasteiger partial charge in [0.05, 0.1) is 5.75 Å². The Labute approximate surface area is 110 Å². The molecule has 1 heterocycles. The van der Waals surface area contributed by atoms with Crippen molar-refractivity contribution in [2.45, 2.75) is 6.42 Å². The van der Waals surface area contributed by atoms with Crippen molar-refractivity contribution in [3.8, 4) is 0 Å². The largest absolute Gasteiger partial charge is 0.399 e. The third kappa shape index (κ3) is 3.44. The lowest BCUT2D eigenvalue weighted by Crippen LogP contribution is -2.43. The van der Waals surface area contributed by atoms with E-state index in [1.807, 2.05) is 18.2 Å². The highest BCUT2D eigenvalue weighted by molar-refractivity contribution is 7.79. The molecular formula is C12H19N3O2S. The molecule has 0 bridgehead atoms. The molecule has 1 aromatic rings. The molecule has 0 radical (unpaired) electrons. The number of nitrogens with two attached hydrogens (primary N) is 1. The molecule has 5 nitrogen and oxygen atoms in total. The van der Waals surface area contributed by atoms with Crippen LogP contribution in [0.4, 0.5) is 11.4 Å². The van der Waals surface area contributed by atoms with Gasteiger partial charge < -0.3 is 20.5 Å². The SMILES string of the molecule is Nc1ccc(N2CCNCC2)c(CCS(=O)O)c1. The first kappa shape index (κ1) is 13.3. The van der Waals surface area contributed by atoms with E-state index in [0.29, 0.717) is 12.1 Å². The second-order valence-corrected chi connectivity index (χ2v) is 5.45. The Morgan fingerprint density at radius 3 is 2.78 bits per heavy atom. The molecule has 1 saturated heterocycles. The Hall–Kier alpha value is -1.11. The van der Waals surface area contributed by atoms with Gasteiger partial charge in [-0.3, -0.25) is 0 Å². The monoisotopic (exact) mass is 269 g/mol. The fraction of sp³-hybridized carbons (Fsp3) is 0.500. The fourth-order valence-electron chi connectivity index (χ4n) is 2.22. The zero-order valence-electron chi connectivity index (χ0n) is 10.3. The van der Waals surface area contributed by atoms with E-state index < -0.39 is 11.1 Å². The Morgan fingerprint density at radius 2 is 2.11 bits per heavy atom. The minimum atomic E-state index is -1.76. The van der Waals surface area contributed by atoms with E-state index in [1.165, 1.54) is 0 Å². The van der Waals surface area contributed by atoms with E-state index in [1.54, 1.807) is 0 Å². The fourth-order valence-corrected chi connectivity index (χ4v) is 2.61. The van der Waals surface area contributed by atoms with Gasteiger partial charge in [0, 0.05) is 37.6 Å². The minimum Gasteiger partial charge on any atom is -0.399 e. The van der Waals surface area contributed by atoms with Crippen LogP contribution in [0.3, 0.4) is 0 Å². The van der Waals surface area contributed by atoms with Gasteiger partial charge in [0.1, 0.15) is 0 Å². The average Bonchev–Trinajstić information content (AvgIpc) is 2.37. The van der Waals surface area contributed by atoms with Crippen LogP contribution in [0.1, 0.15) is 5.56 Å². The summed E-state index contributed by atoms with van der Waals surface area (Å²) in [6.45, 7) is 3.85. The van der Waals surface area contributed by atoms with E-state index in [-0.39, 0.29) is 5.75 Å². The zero-order chi connectivity index (χ0) is 13.0. The van der Waals surface area contributed by atoms with Crippen molar-refractivity contribution in [3.63, 3.8) is 0 Å². The third-order valence-corrected chi connectivity index (χ3v) is 3.66. The number of nitrogen functional groups attached to an aromatic ring is 1. The molecule has 0 spiro atoms. The number of anilines is 2. The molecule has 6 heteroatoms. The third-order valence-electron chi connectivity index (χ3n) is 3.11. The number of hydrogen-bond donors (Lipinski definition) is 3. The van der Waals surface area contributed by atoms with Crippen LogP contribution in [0, 0.1) is 0 Å². The second kappa shape index (κ2) is 6.17. The summed E-state index contributed by atoms with van der Waals surface area (Å²) in [5.41, 5.74) is 8.69. The van der Waals surface area contributed by atoms with Gasteiger partial charge in [-0.25, -0.2) is 4.21 Å². The highest BCUT2D eigenvalue weighted by atomic mass is 32.2. The average molecular weight is 269 g/mol. The molecule has 1 atom stereocenters. The minimum absolute atomic E-state index is 0.253. The lowest BCUT2D eigenvalue weighted by molar-refractivity contribution is 0.563. The van der Waals surface area contributed by atoms with Crippen LogP contribution in [0.25, 0.3) is 0 Å². The summed E-state index contributed by atoms with van der Waals surface area (Å²) >= 11 is -1.76. The van der Waals surface area contributed by atoms with Crippen LogP contribution in [-0.2, 0) is 17.5 Å². The smallest absolute Gasteiger partial charge is 0.153 e. The summed E-state index contributed by atoms with van der Waals surface area (Å²) in [5.74, 6) is 0.253. The highest BCUT2D eigenvalue weighted by Crippen LogP contribution is 2.24. The lowest BCUT2D eigenvalue weighted by Gasteiger charge is -2.31. The number of rotatable bonds is 4. The Morgan fingerprint density at radius 1 is 1.39 bits per heavy atom. The van der Waals surface area contributed by atoms with Gasteiger partial charge in [-0.05, 0) is 30.2 Å². The Balaban J connectivity index is 2.18. The molecular weight excluding hydrogens is 250 g/mol. The molecule has 0 aliphatic carbocycles. The first-order chi connectivity index (χ1) is 8.66. The highest BCUT2D eigenvalue weighted by Gasteiger charge is 2.14. The van der Waals surface area contributed by atoms with Gasteiger partial charge in [0.15, 0.2) is 11.1 Å². The molecule has 100 valence electrons. The van der Waals surface area contributed by atoms with E-state index in [4.69, 9.17) is 10.3 Å². The van der Waals surface area contributed by atoms with Crippen LogP contribution in [0.15, 0.2) is 18.2 Å². The first-order valence-corrected chi connectivity index (χ1v) is 7.36. The molecule has 4 N–H and O–H groups in total. The lowest BCUT2D eigenvalue weighted by atomic mass is 10.1. The van der Waals surface area contributed by atoms with Crippen LogP contribution in [-0.4, -0.2) is 40.7 Å². The molecule has 18 heavy (non-hydrogen) atoms. The molecule has 2 rings (SSSR count). The molecule has 0 aromatic heterocycles. The van der Waals surface area contributed by atoms with Gasteiger partial charge in [-0.2, -0.15) is 0 Å². The quantitative estimate of drug-likeness (QED) is 0.546. The van der Waals surface area contributed by atoms with Crippen LogP contribution in [0.2, 0.25) is 0 Å². The number of nitrogens with zero attached hydrogens (tertiary/aromatic N) is 1. The molecule has 1 unspecified atom stereocenters. The predicted molar refractivity (Wildman–Crippen MR) is 75.3 cm³/mol. The summed E-state index contributed by atoms with van der Waals surface area (Å²) in [5, 5.41) is 3.31. The van der Waals surface area contributed by atoms with E-state index in [9.17, 15) is 4.21 Å². The predicted octanol–water partition coefficient (Wildman–Crippen LogP) is 0.443. The summed E-state index contributed by atoms with van der Waals surface area (Å²) in [6, 6.07) is 5.80. The van der Waals surface area contributed by atoms with E-state index in [0.717, 1.165) is 37.4 Å². The second-order valence-electron chi connectivity index (χ2n) is 4.40. The van der Waals surface area contributed by atoms with Crippen LogP contribution < -0.4 is 16.0 Å². The molecule has 1 aliphatic rings. The van der Waals surface area contributed by atoms with Crippen LogP contribution in [0.5, 0.6) is 0 Å². The zero-order valence-corrected chi connectivity index (χ0v) is 11.1. The molecule has 1 aromatic carbocycles. The van der Waals surface area contributed by atoms with Crippen molar-refractivity contribution in [2.75, 3.05) is 42.6 Å². The van der Waals surface area contributed by atoms with E-state index >= 15 is 0 Å². The molecule has 1 fully saturated rings. The number of benzene rings is 1. The standard InChI is InChI=1S/C12H19N3O2S/c13-11-1-2-12(15-6-4-14-5-7-15)10(9-11)3-8-18(16)17/h1-2,9,14H,3-8,13H2,(H,16,17). The topological polar surface area (TPSA) is 78.6 Å². The van der Waals surface area contributed by atoms with Crippen molar-refractivity contribution >= 4 is 22.5 Å². The maximum Gasteiger partial charge on any atom is 0.153 e. The summed E-state index contributed by atoms with van der Waals surface area (Å²) in [7, 11) is 0.